The Morgan fingerprint density at radius 3 is 2.32 bits per heavy atom. The van der Waals surface area contributed by atoms with Crippen molar-refractivity contribution in [3.8, 4) is 0 Å². The summed E-state index contributed by atoms with van der Waals surface area (Å²) in [6.45, 7) is 0. The molecule has 2 rings (SSSR count). The third-order valence-corrected chi connectivity index (χ3v) is 5.18. The fourth-order valence-electron chi connectivity index (χ4n) is 1.38. The molecule has 19 heavy (non-hydrogen) atoms. The standard InChI is InChI=1S/C13H9ClO3S2/c14-9-4-1-8(2-5-9)3-6-10(15)11(12(16)17)13-18-7-19-13/h1-6H,7H2,(H,16,17)/b6-3+. The number of rotatable bonds is 4. The van der Waals surface area contributed by atoms with Crippen LogP contribution in [0.3, 0.4) is 0 Å². The van der Waals surface area contributed by atoms with E-state index >= 15 is 0 Å². The number of hydrogen-bond acceptors (Lipinski definition) is 4. The SMILES string of the molecule is O=C(O)C(C(=O)/C=C/c1ccc(Cl)cc1)=C1SCS1. The van der Waals surface area contributed by atoms with Crippen LogP contribution in [0.15, 0.2) is 40.2 Å². The monoisotopic (exact) mass is 312 g/mol. The molecule has 0 amide bonds. The number of carbonyl (C=O) groups is 2. The molecule has 1 aromatic rings. The first kappa shape index (κ1) is 14.2. The third kappa shape index (κ3) is 3.65. The van der Waals surface area contributed by atoms with E-state index in [1.165, 1.54) is 29.6 Å². The van der Waals surface area contributed by atoms with Gasteiger partial charge in [0, 0.05) is 10.1 Å². The maximum atomic E-state index is 11.9. The van der Waals surface area contributed by atoms with Gasteiger partial charge in [0.05, 0.1) is 4.24 Å². The van der Waals surface area contributed by atoms with Gasteiger partial charge in [-0.2, -0.15) is 0 Å². The van der Waals surface area contributed by atoms with Gasteiger partial charge in [0.1, 0.15) is 5.57 Å². The van der Waals surface area contributed by atoms with E-state index in [2.05, 4.69) is 0 Å². The molecule has 1 aliphatic heterocycles. The molecule has 0 spiro atoms. The summed E-state index contributed by atoms with van der Waals surface area (Å²) >= 11 is 8.52. The molecule has 1 fully saturated rings. The van der Waals surface area contributed by atoms with Gasteiger partial charge in [-0.05, 0) is 23.8 Å². The van der Waals surface area contributed by atoms with Crippen LogP contribution in [0.1, 0.15) is 5.56 Å². The number of halogens is 1. The highest BCUT2D eigenvalue weighted by atomic mass is 35.5. The number of carbonyl (C=O) groups excluding carboxylic acids is 1. The minimum atomic E-state index is -1.18. The minimum Gasteiger partial charge on any atom is -0.477 e. The number of allylic oxidation sites excluding steroid dienone is 1. The minimum absolute atomic E-state index is 0.147. The molecular weight excluding hydrogens is 304 g/mol. The van der Waals surface area contributed by atoms with E-state index in [0.29, 0.717) is 9.26 Å². The van der Waals surface area contributed by atoms with Crippen molar-refractivity contribution >= 4 is 53.0 Å². The average molecular weight is 313 g/mol. The van der Waals surface area contributed by atoms with Gasteiger partial charge in [-0.3, -0.25) is 4.79 Å². The van der Waals surface area contributed by atoms with Gasteiger partial charge in [0.2, 0.25) is 0 Å². The van der Waals surface area contributed by atoms with Crippen molar-refractivity contribution < 1.29 is 14.7 Å². The first-order valence-electron chi connectivity index (χ1n) is 5.29. The number of aliphatic carboxylic acids is 1. The van der Waals surface area contributed by atoms with E-state index in [1.807, 2.05) is 0 Å². The summed E-state index contributed by atoms with van der Waals surface area (Å²) in [7, 11) is 0. The van der Waals surface area contributed by atoms with Gasteiger partial charge >= 0.3 is 5.97 Å². The van der Waals surface area contributed by atoms with E-state index < -0.39 is 11.8 Å². The largest absolute Gasteiger partial charge is 0.477 e. The van der Waals surface area contributed by atoms with E-state index in [-0.39, 0.29) is 5.57 Å². The Bertz CT molecular complexity index is 570. The third-order valence-electron chi connectivity index (χ3n) is 2.34. The Labute approximate surface area is 123 Å². The van der Waals surface area contributed by atoms with Crippen LogP contribution in [0.4, 0.5) is 0 Å². The zero-order valence-corrected chi connectivity index (χ0v) is 12.0. The van der Waals surface area contributed by atoms with Crippen LogP contribution in [0, 0.1) is 0 Å². The Hall–Kier alpha value is -1.17. The Morgan fingerprint density at radius 2 is 1.84 bits per heavy atom. The smallest absolute Gasteiger partial charge is 0.341 e. The predicted octanol–water partition coefficient (Wildman–Crippen LogP) is 3.66. The number of ketones is 1. The molecule has 1 saturated heterocycles. The summed E-state index contributed by atoms with van der Waals surface area (Å²) in [5.74, 6) is -1.67. The topological polar surface area (TPSA) is 54.4 Å². The van der Waals surface area contributed by atoms with Crippen molar-refractivity contribution in [1.82, 2.24) is 0 Å². The first-order valence-corrected chi connectivity index (χ1v) is 7.64. The molecule has 0 saturated carbocycles. The molecule has 0 atom stereocenters. The van der Waals surface area contributed by atoms with Gasteiger partial charge in [-0.1, -0.05) is 29.8 Å². The average Bonchev–Trinajstić information content (AvgIpc) is 2.32. The lowest BCUT2D eigenvalue weighted by Crippen LogP contribution is -2.13. The van der Waals surface area contributed by atoms with Crippen molar-refractivity contribution in [2.75, 3.05) is 5.08 Å². The highest BCUT2D eigenvalue weighted by Gasteiger charge is 2.25. The van der Waals surface area contributed by atoms with Crippen molar-refractivity contribution in [3.63, 3.8) is 0 Å². The summed E-state index contributed by atoms with van der Waals surface area (Å²) in [5, 5.41) is 10.5. The Kier molecular flexibility index (Phi) is 4.74. The highest BCUT2D eigenvalue weighted by molar-refractivity contribution is 8.37. The fourth-order valence-corrected chi connectivity index (χ4v) is 3.12. The van der Waals surface area contributed by atoms with E-state index in [0.717, 1.165) is 10.6 Å². The van der Waals surface area contributed by atoms with Crippen molar-refractivity contribution in [2.24, 2.45) is 0 Å². The molecule has 1 aliphatic rings. The van der Waals surface area contributed by atoms with Crippen LogP contribution in [-0.2, 0) is 9.59 Å². The lowest BCUT2D eigenvalue weighted by Gasteiger charge is -2.16. The predicted molar refractivity (Wildman–Crippen MR) is 80.2 cm³/mol. The van der Waals surface area contributed by atoms with E-state index in [4.69, 9.17) is 16.7 Å². The normalized spacial score (nSPS) is 14.3. The molecule has 1 heterocycles. The van der Waals surface area contributed by atoms with Crippen LogP contribution < -0.4 is 0 Å². The molecule has 0 unspecified atom stereocenters. The number of benzene rings is 1. The zero-order valence-electron chi connectivity index (χ0n) is 9.63. The maximum Gasteiger partial charge on any atom is 0.341 e. The maximum absolute atomic E-state index is 11.9. The summed E-state index contributed by atoms with van der Waals surface area (Å²) < 4.78 is 0.582. The second kappa shape index (κ2) is 6.32. The molecule has 3 nitrogen and oxygen atoms in total. The summed E-state index contributed by atoms with van der Waals surface area (Å²) in [6, 6.07) is 6.93. The van der Waals surface area contributed by atoms with Gasteiger partial charge in [0.25, 0.3) is 0 Å². The van der Waals surface area contributed by atoms with E-state index in [9.17, 15) is 9.59 Å². The van der Waals surface area contributed by atoms with Crippen molar-refractivity contribution in [2.45, 2.75) is 0 Å². The van der Waals surface area contributed by atoms with Gasteiger partial charge in [0.15, 0.2) is 5.78 Å². The van der Waals surface area contributed by atoms with Gasteiger partial charge in [-0.25, -0.2) is 4.79 Å². The molecule has 98 valence electrons. The summed E-state index contributed by atoms with van der Waals surface area (Å²) in [4.78, 5) is 23.0. The molecular formula is C13H9ClO3S2. The molecule has 0 aliphatic carbocycles. The number of carboxylic acid groups (broad SMARTS) is 1. The molecule has 1 aromatic carbocycles. The lowest BCUT2D eigenvalue weighted by atomic mass is 10.1. The Balaban J connectivity index is 2.16. The quantitative estimate of drug-likeness (QED) is 0.522. The lowest BCUT2D eigenvalue weighted by molar-refractivity contribution is -0.134. The molecule has 0 aromatic heterocycles. The first-order chi connectivity index (χ1) is 9.08. The molecule has 6 heteroatoms. The second-order valence-corrected chi connectivity index (χ2v) is 6.65. The molecule has 0 bridgehead atoms. The summed E-state index contributed by atoms with van der Waals surface area (Å²) in [5.41, 5.74) is 0.646. The Morgan fingerprint density at radius 1 is 1.21 bits per heavy atom. The van der Waals surface area contributed by atoms with Crippen LogP contribution in [-0.4, -0.2) is 21.9 Å². The van der Waals surface area contributed by atoms with E-state index in [1.54, 1.807) is 30.3 Å². The van der Waals surface area contributed by atoms with Crippen molar-refractivity contribution in [3.05, 3.63) is 50.7 Å². The van der Waals surface area contributed by atoms with Gasteiger partial charge in [-0.15, -0.1) is 23.5 Å². The highest BCUT2D eigenvalue weighted by Crippen LogP contribution is 2.45. The number of hydrogen-bond donors (Lipinski definition) is 1. The molecule has 0 radical (unpaired) electrons. The summed E-state index contributed by atoms with van der Waals surface area (Å²) in [6.07, 6.45) is 2.86. The number of carboxylic acids is 1. The van der Waals surface area contributed by atoms with Crippen molar-refractivity contribution in [1.29, 1.82) is 0 Å². The van der Waals surface area contributed by atoms with Gasteiger partial charge < -0.3 is 5.11 Å². The van der Waals surface area contributed by atoms with Crippen LogP contribution in [0.25, 0.3) is 6.08 Å². The van der Waals surface area contributed by atoms with Crippen LogP contribution >= 0.6 is 35.1 Å². The number of thioether (sulfide) groups is 2. The van der Waals surface area contributed by atoms with Crippen LogP contribution in [0.2, 0.25) is 5.02 Å². The van der Waals surface area contributed by atoms with Crippen LogP contribution in [0.5, 0.6) is 0 Å². The molecule has 1 N–H and O–H groups in total. The second-order valence-electron chi connectivity index (χ2n) is 3.62. The zero-order chi connectivity index (χ0) is 13.8. The fraction of sp³-hybridized carbons (Fsp3) is 0.0769.